The molecule has 0 radical (unpaired) electrons. The van der Waals surface area contributed by atoms with Crippen LogP contribution in [0.5, 0.6) is 0 Å². The summed E-state index contributed by atoms with van der Waals surface area (Å²) in [6, 6.07) is 2.88. The van der Waals surface area contributed by atoms with E-state index in [0.29, 0.717) is 6.04 Å². The van der Waals surface area contributed by atoms with Gasteiger partial charge in [0.05, 0.1) is 5.01 Å². The number of nitrogens with one attached hydrogen (secondary N) is 1. The van der Waals surface area contributed by atoms with Gasteiger partial charge in [-0.1, -0.05) is 6.92 Å². The third-order valence-corrected chi connectivity index (χ3v) is 6.19. The Hall–Kier alpha value is -0.710. The van der Waals surface area contributed by atoms with Crippen LogP contribution in [0.1, 0.15) is 51.8 Å². The number of hydrogen-bond acceptors (Lipinski definition) is 4. The van der Waals surface area contributed by atoms with Crippen molar-refractivity contribution in [2.45, 2.75) is 52.0 Å². The van der Waals surface area contributed by atoms with Gasteiger partial charge in [-0.05, 0) is 50.8 Å². The van der Waals surface area contributed by atoms with E-state index >= 15 is 0 Å². The summed E-state index contributed by atoms with van der Waals surface area (Å²) in [7, 11) is 0. The molecule has 108 valence electrons. The Morgan fingerprint density at radius 2 is 2.20 bits per heavy atom. The highest BCUT2D eigenvalue weighted by Crippen LogP contribution is 2.34. The lowest BCUT2D eigenvalue weighted by Gasteiger charge is -2.14. The summed E-state index contributed by atoms with van der Waals surface area (Å²) >= 11 is 3.81. The van der Waals surface area contributed by atoms with Crippen molar-refractivity contribution in [3.05, 3.63) is 37.5 Å². The molecule has 0 aliphatic heterocycles. The number of fused-ring (bicyclic) bond motifs is 1. The molecular weight excluding hydrogens is 284 g/mol. The minimum atomic E-state index is 0.432. The van der Waals surface area contributed by atoms with E-state index in [4.69, 9.17) is 0 Å². The highest BCUT2D eigenvalue weighted by molar-refractivity contribution is 7.12. The summed E-state index contributed by atoms with van der Waals surface area (Å²) in [4.78, 5) is 7.76. The van der Waals surface area contributed by atoms with Crippen molar-refractivity contribution in [1.82, 2.24) is 10.3 Å². The molecule has 0 bridgehead atoms. The smallest absolute Gasteiger partial charge is 0.0947 e. The fraction of sp³-hybridized carbons (Fsp3) is 0.562. The first-order chi connectivity index (χ1) is 9.76. The molecule has 3 rings (SSSR count). The second-order valence-electron chi connectivity index (χ2n) is 5.50. The van der Waals surface area contributed by atoms with Crippen LogP contribution in [0.15, 0.2) is 11.4 Å². The van der Waals surface area contributed by atoms with Crippen LogP contribution in [0.3, 0.4) is 0 Å². The maximum atomic E-state index is 4.62. The summed E-state index contributed by atoms with van der Waals surface area (Å²) < 4.78 is 0. The summed E-state index contributed by atoms with van der Waals surface area (Å²) in [6.45, 7) is 5.28. The van der Waals surface area contributed by atoms with Crippen LogP contribution in [0.4, 0.5) is 0 Å². The monoisotopic (exact) mass is 306 g/mol. The molecular formula is C16H22N2S2. The number of aromatic nitrogens is 1. The highest BCUT2D eigenvalue weighted by atomic mass is 32.1. The third kappa shape index (κ3) is 3.13. The Kier molecular flexibility index (Phi) is 4.54. The molecule has 0 saturated heterocycles. The molecule has 4 heteroatoms. The van der Waals surface area contributed by atoms with Gasteiger partial charge in [-0.3, -0.25) is 0 Å². The van der Waals surface area contributed by atoms with Crippen molar-refractivity contribution in [3.63, 3.8) is 0 Å². The van der Waals surface area contributed by atoms with Gasteiger partial charge >= 0.3 is 0 Å². The van der Waals surface area contributed by atoms with E-state index in [2.05, 4.69) is 35.6 Å². The second kappa shape index (κ2) is 6.37. The molecule has 2 nitrogen and oxygen atoms in total. The van der Waals surface area contributed by atoms with Gasteiger partial charge in [-0.15, -0.1) is 22.7 Å². The molecule has 1 aliphatic rings. The zero-order chi connectivity index (χ0) is 13.9. The van der Waals surface area contributed by atoms with Gasteiger partial charge in [0.25, 0.3) is 0 Å². The Bertz CT molecular complexity index is 547. The Morgan fingerprint density at radius 3 is 2.90 bits per heavy atom. The van der Waals surface area contributed by atoms with Crippen molar-refractivity contribution in [3.8, 4) is 0 Å². The highest BCUT2D eigenvalue weighted by Gasteiger charge is 2.19. The molecule has 1 aliphatic carbocycles. The molecule has 1 atom stereocenters. The van der Waals surface area contributed by atoms with E-state index in [1.807, 2.05) is 11.3 Å². The molecule has 2 aromatic heterocycles. The molecule has 0 saturated carbocycles. The van der Waals surface area contributed by atoms with Crippen LogP contribution in [0, 0.1) is 6.92 Å². The summed E-state index contributed by atoms with van der Waals surface area (Å²) in [5, 5.41) is 7.04. The van der Waals surface area contributed by atoms with E-state index < -0.39 is 0 Å². The normalized spacial score (nSPS) is 16.1. The van der Waals surface area contributed by atoms with Crippen molar-refractivity contribution in [1.29, 1.82) is 0 Å². The fourth-order valence-electron chi connectivity index (χ4n) is 2.88. The second-order valence-corrected chi connectivity index (χ2v) is 7.61. The molecule has 20 heavy (non-hydrogen) atoms. The van der Waals surface area contributed by atoms with Crippen LogP contribution in [0.2, 0.25) is 0 Å². The first kappa shape index (κ1) is 14.2. The number of hydrogen-bond donors (Lipinski definition) is 1. The van der Waals surface area contributed by atoms with Crippen molar-refractivity contribution in [2.24, 2.45) is 0 Å². The summed E-state index contributed by atoms with van der Waals surface area (Å²) in [5.41, 5.74) is 2.75. The van der Waals surface area contributed by atoms with Crippen LogP contribution in [0.25, 0.3) is 0 Å². The first-order valence-electron chi connectivity index (χ1n) is 7.52. The zero-order valence-electron chi connectivity index (χ0n) is 12.2. The Labute approximate surface area is 129 Å². The van der Waals surface area contributed by atoms with Gasteiger partial charge in [0, 0.05) is 33.3 Å². The number of likely N-dealkylation sites (N-methyl/N-ethyl adjacent to an activating group) is 1. The SMILES string of the molecule is CCNC(Cc1nc(C)cs1)c1cc2c(s1)CCCC2. The Balaban J connectivity index is 1.80. The molecule has 0 fully saturated rings. The summed E-state index contributed by atoms with van der Waals surface area (Å²) in [6.07, 6.45) is 6.31. The van der Waals surface area contributed by atoms with Gasteiger partial charge in [-0.25, -0.2) is 4.98 Å². The van der Waals surface area contributed by atoms with Gasteiger partial charge in [0.1, 0.15) is 0 Å². The minimum absolute atomic E-state index is 0.432. The van der Waals surface area contributed by atoms with E-state index in [0.717, 1.165) is 18.7 Å². The third-order valence-electron chi connectivity index (χ3n) is 3.85. The molecule has 0 amide bonds. The van der Waals surface area contributed by atoms with Crippen LogP contribution >= 0.6 is 22.7 Å². The van der Waals surface area contributed by atoms with Crippen molar-refractivity contribution < 1.29 is 0 Å². The molecule has 0 spiro atoms. The molecule has 0 aromatic carbocycles. The minimum Gasteiger partial charge on any atom is -0.309 e. The maximum absolute atomic E-state index is 4.62. The van der Waals surface area contributed by atoms with Crippen LogP contribution in [-0.4, -0.2) is 11.5 Å². The summed E-state index contributed by atoms with van der Waals surface area (Å²) in [5.74, 6) is 0. The predicted molar refractivity (Wildman–Crippen MR) is 87.9 cm³/mol. The Morgan fingerprint density at radius 1 is 1.35 bits per heavy atom. The number of aryl methyl sites for hydroxylation is 3. The molecule has 1 N–H and O–H groups in total. The number of thiophene rings is 1. The standard InChI is InChI=1S/C16H22N2S2/c1-3-17-13(9-16-18-11(2)10-19-16)15-8-12-6-4-5-7-14(12)20-15/h8,10,13,17H,3-7,9H2,1-2H3. The average Bonchev–Trinajstić information content (AvgIpc) is 3.04. The van der Waals surface area contributed by atoms with E-state index in [1.165, 1.54) is 35.6 Å². The van der Waals surface area contributed by atoms with Gasteiger partial charge in [-0.2, -0.15) is 0 Å². The molecule has 1 unspecified atom stereocenters. The van der Waals surface area contributed by atoms with Crippen molar-refractivity contribution >= 4 is 22.7 Å². The number of nitrogens with zero attached hydrogens (tertiary/aromatic N) is 1. The van der Waals surface area contributed by atoms with Crippen LogP contribution < -0.4 is 5.32 Å². The fourth-order valence-corrected chi connectivity index (χ4v) is 5.03. The number of thiazole rings is 1. The largest absolute Gasteiger partial charge is 0.309 e. The van der Waals surface area contributed by atoms with Crippen LogP contribution in [-0.2, 0) is 19.3 Å². The van der Waals surface area contributed by atoms with Gasteiger partial charge < -0.3 is 5.32 Å². The molecule has 2 aromatic rings. The average molecular weight is 307 g/mol. The first-order valence-corrected chi connectivity index (χ1v) is 9.21. The lowest BCUT2D eigenvalue weighted by molar-refractivity contribution is 0.556. The van der Waals surface area contributed by atoms with Gasteiger partial charge in [0.2, 0.25) is 0 Å². The van der Waals surface area contributed by atoms with Crippen molar-refractivity contribution in [2.75, 3.05) is 6.54 Å². The van der Waals surface area contributed by atoms with E-state index in [-0.39, 0.29) is 0 Å². The van der Waals surface area contributed by atoms with E-state index in [1.54, 1.807) is 21.8 Å². The van der Waals surface area contributed by atoms with E-state index in [9.17, 15) is 0 Å². The molecule has 2 heterocycles. The quantitative estimate of drug-likeness (QED) is 0.891. The maximum Gasteiger partial charge on any atom is 0.0947 e. The predicted octanol–water partition coefficient (Wildman–Crippen LogP) is 4.29. The zero-order valence-corrected chi connectivity index (χ0v) is 13.9. The lowest BCUT2D eigenvalue weighted by Crippen LogP contribution is -2.22. The lowest BCUT2D eigenvalue weighted by atomic mass is 9.98. The number of rotatable bonds is 5. The topological polar surface area (TPSA) is 24.9 Å². The van der Waals surface area contributed by atoms with Gasteiger partial charge in [0.15, 0.2) is 0 Å².